The minimum absolute atomic E-state index is 0.0745. The van der Waals surface area contributed by atoms with E-state index in [1.165, 1.54) is 21.3 Å². The number of nitrogens with zero attached hydrogens (tertiary/aromatic N) is 4. The van der Waals surface area contributed by atoms with Gasteiger partial charge in [0.2, 0.25) is 11.8 Å². The van der Waals surface area contributed by atoms with Crippen molar-refractivity contribution in [2.75, 3.05) is 26.1 Å². The van der Waals surface area contributed by atoms with Crippen LogP contribution in [0.5, 0.6) is 17.4 Å². The molecular formula is C20H21N5O5S. The van der Waals surface area contributed by atoms with Crippen LogP contribution in [0.4, 0.5) is 5.95 Å². The number of nitrogens with one attached hydrogen (secondary N) is 1. The summed E-state index contributed by atoms with van der Waals surface area (Å²) in [6, 6.07) is 10.3. The van der Waals surface area contributed by atoms with Gasteiger partial charge in [0.15, 0.2) is 4.90 Å². The molecule has 0 amide bonds. The van der Waals surface area contributed by atoms with Gasteiger partial charge in [0.05, 0.1) is 39.6 Å². The third kappa shape index (κ3) is 3.87. The number of benzene rings is 1. The number of fused-ring (bicyclic) bond motifs is 1. The molecule has 0 saturated heterocycles. The zero-order valence-electron chi connectivity index (χ0n) is 17.1. The average Bonchev–Trinajstić information content (AvgIpc) is 3.42. The van der Waals surface area contributed by atoms with Crippen LogP contribution in [0, 0.1) is 0 Å². The number of aromatic nitrogens is 4. The zero-order chi connectivity index (χ0) is 22.0. The minimum Gasteiger partial charge on any atom is -0.495 e. The zero-order valence-corrected chi connectivity index (χ0v) is 18.0. The number of sulfonamides is 1. The Morgan fingerprint density at radius 3 is 2.39 bits per heavy atom. The van der Waals surface area contributed by atoms with Gasteiger partial charge in [-0.05, 0) is 29.8 Å². The van der Waals surface area contributed by atoms with E-state index in [-0.39, 0.29) is 22.3 Å². The summed E-state index contributed by atoms with van der Waals surface area (Å²) in [4.78, 5) is 4.13. The van der Waals surface area contributed by atoms with Crippen molar-refractivity contribution in [2.45, 2.75) is 11.4 Å². The molecular weight excluding hydrogens is 422 g/mol. The SMILES string of the molecule is COc1cccc(OC)c1S(=O)(=O)Nc1ncc2cc(Cn3cccn3)cc(OC)n12. The number of pyridine rings is 1. The van der Waals surface area contributed by atoms with Gasteiger partial charge in [-0.1, -0.05) is 6.07 Å². The number of methoxy groups -OCH3 is 3. The molecule has 0 unspecified atom stereocenters. The molecule has 0 aliphatic carbocycles. The molecule has 3 heterocycles. The lowest BCUT2D eigenvalue weighted by Crippen LogP contribution is -2.17. The van der Waals surface area contributed by atoms with Gasteiger partial charge in [0.1, 0.15) is 11.5 Å². The number of imidazole rings is 1. The lowest BCUT2D eigenvalue weighted by molar-refractivity contribution is 0.373. The van der Waals surface area contributed by atoms with Gasteiger partial charge >= 0.3 is 0 Å². The monoisotopic (exact) mass is 443 g/mol. The van der Waals surface area contributed by atoms with Crippen molar-refractivity contribution in [3.63, 3.8) is 0 Å². The standard InChI is InChI=1S/C20H21N5O5S/c1-28-16-6-4-7-17(29-2)19(16)31(26,27)23-20-21-12-15-10-14(11-18(30-3)25(15)20)13-24-9-5-8-22-24/h4-12H,13H2,1-3H3,(H,21,23). The second-order valence-corrected chi connectivity index (χ2v) is 8.17. The number of hydrogen-bond acceptors (Lipinski definition) is 7. The second-order valence-electron chi connectivity index (χ2n) is 6.55. The van der Waals surface area contributed by atoms with Crippen LogP contribution in [0.1, 0.15) is 5.56 Å². The predicted molar refractivity (Wildman–Crippen MR) is 113 cm³/mol. The molecule has 31 heavy (non-hydrogen) atoms. The third-order valence-corrected chi connectivity index (χ3v) is 6.03. The van der Waals surface area contributed by atoms with Crippen molar-refractivity contribution < 1.29 is 22.6 Å². The summed E-state index contributed by atoms with van der Waals surface area (Å²) in [6.07, 6.45) is 5.12. The highest BCUT2D eigenvalue weighted by molar-refractivity contribution is 7.93. The summed E-state index contributed by atoms with van der Waals surface area (Å²) in [5.74, 6) is 0.801. The molecule has 0 aliphatic heterocycles. The summed E-state index contributed by atoms with van der Waals surface area (Å²) in [7, 11) is 0.202. The Hall–Kier alpha value is -3.73. The largest absolute Gasteiger partial charge is 0.495 e. The molecule has 4 aromatic rings. The second kappa shape index (κ2) is 8.19. The molecule has 1 aromatic carbocycles. The van der Waals surface area contributed by atoms with Gasteiger partial charge in [0.25, 0.3) is 10.0 Å². The van der Waals surface area contributed by atoms with Crippen LogP contribution in [-0.4, -0.2) is 48.9 Å². The van der Waals surface area contributed by atoms with Crippen LogP contribution < -0.4 is 18.9 Å². The van der Waals surface area contributed by atoms with Gasteiger partial charge in [0, 0.05) is 18.5 Å². The molecule has 162 valence electrons. The molecule has 11 heteroatoms. The maximum absolute atomic E-state index is 13.2. The first-order chi connectivity index (χ1) is 15.0. The van der Waals surface area contributed by atoms with E-state index >= 15 is 0 Å². The molecule has 10 nitrogen and oxygen atoms in total. The topological polar surface area (TPSA) is 109 Å². The van der Waals surface area contributed by atoms with Crippen molar-refractivity contribution in [1.82, 2.24) is 19.2 Å². The number of rotatable bonds is 8. The summed E-state index contributed by atoms with van der Waals surface area (Å²) in [5, 5.41) is 4.21. The highest BCUT2D eigenvalue weighted by Crippen LogP contribution is 2.34. The van der Waals surface area contributed by atoms with Crippen LogP contribution >= 0.6 is 0 Å². The minimum atomic E-state index is -4.09. The summed E-state index contributed by atoms with van der Waals surface area (Å²) < 4.78 is 48.2. The average molecular weight is 443 g/mol. The first kappa shape index (κ1) is 20.5. The van der Waals surface area contributed by atoms with E-state index in [0.717, 1.165) is 5.56 Å². The summed E-state index contributed by atoms with van der Waals surface area (Å²) in [6.45, 7) is 0.532. The number of anilines is 1. The molecule has 1 N–H and O–H groups in total. The third-order valence-electron chi connectivity index (χ3n) is 4.64. The fourth-order valence-electron chi connectivity index (χ4n) is 3.30. The molecule has 0 saturated carbocycles. The van der Waals surface area contributed by atoms with E-state index < -0.39 is 10.0 Å². The van der Waals surface area contributed by atoms with E-state index in [9.17, 15) is 8.42 Å². The number of ether oxygens (including phenoxy) is 3. The Morgan fingerprint density at radius 2 is 1.77 bits per heavy atom. The Labute approximate surface area is 179 Å². The Morgan fingerprint density at radius 1 is 1.03 bits per heavy atom. The van der Waals surface area contributed by atoms with E-state index in [2.05, 4.69) is 14.8 Å². The van der Waals surface area contributed by atoms with E-state index in [1.807, 2.05) is 18.3 Å². The highest BCUT2D eigenvalue weighted by atomic mass is 32.2. The first-order valence-corrected chi connectivity index (χ1v) is 10.7. The number of hydrogen-bond donors (Lipinski definition) is 1. The Bertz CT molecular complexity index is 1290. The summed E-state index contributed by atoms with van der Waals surface area (Å²) in [5.41, 5.74) is 1.58. The maximum Gasteiger partial charge on any atom is 0.271 e. The normalized spacial score (nSPS) is 11.5. The quantitative estimate of drug-likeness (QED) is 0.445. The molecule has 0 aliphatic rings. The summed E-state index contributed by atoms with van der Waals surface area (Å²) >= 11 is 0. The van der Waals surface area contributed by atoms with Crippen LogP contribution in [0.3, 0.4) is 0 Å². The van der Waals surface area contributed by atoms with Crippen molar-refractivity contribution in [1.29, 1.82) is 0 Å². The lowest BCUT2D eigenvalue weighted by atomic mass is 10.2. The van der Waals surface area contributed by atoms with Crippen molar-refractivity contribution in [2.24, 2.45) is 0 Å². The van der Waals surface area contributed by atoms with Crippen molar-refractivity contribution >= 4 is 21.5 Å². The predicted octanol–water partition coefficient (Wildman–Crippen LogP) is 2.41. The maximum atomic E-state index is 13.2. The van der Waals surface area contributed by atoms with Crippen LogP contribution in [0.15, 0.2) is 59.9 Å². The molecule has 0 spiro atoms. The van der Waals surface area contributed by atoms with Crippen molar-refractivity contribution in [3.8, 4) is 17.4 Å². The highest BCUT2D eigenvalue weighted by Gasteiger charge is 2.27. The van der Waals surface area contributed by atoms with Gasteiger partial charge < -0.3 is 14.2 Å². The van der Waals surface area contributed by atoms with E-state index in [1.54, 1.807) is 45.7 Å². The van der Waals surface area contributed by atoms with Gasteiger partial charge in [-0.2, -0.15) is 5.10 Å². The van der Waals surface area contributed by atoms with Gasteiger partial charge in [-0.15, -0.1) is 0 Å². The smallest absolute Gasteiger partial charge is 0.271 e. The molecule has 3 aromatic heterocycles. The van der Waals surface area contributed by atoms with E-state index in [4.69, 9.17) is 14.2 Å². The fourth-order valence-corrected chi connectivity index (χ4v) is 4.62. The van der Waals surface area contributed by atoms with Crippen LogP contribution in [0.2, 0.25) is 0 Å². The lowest BCUT2D eigenvalue weighted by Gasteiger charge is -2.15. The fraction of sp³-hybridized carbons (Fsp3) is 0.200. The molecule has 0 bridgehead atoms. The van der Waals surface area contributed by atoms with Gasteiger partial charge in [-0.3, -0.25) is 4.68 Å². The molecule has 0 radical (unpaired) electrons. The van der Waals surface area contributed by atoms with Gasteiger partial charge in [-0.25, -0.2) is 22.5 Å². The first-order valence-electron chi connectivity index (χ1n) is 9.22. The van der Waals surface area contributed by atoms with Crippen molar-refractivity contribution in [3.05, 3.63) is 60.6 Å². The molecule has 0 fully saturated rings. The Kier molecular flexibility index (Phi) is 5.42. The molecule has 0 atom stereocenters. The Balaban J connectivity index is 1.76. The van der Waals surface area contributed by atoms with E-state index in [0.29, 0.717) is 17.9 Å². The molecule has 4 rings (SSSR count). The van der Waals surface area contributed by atoms with Crippen LogP contribution in [0.25, 0.3) is 5.52 Å². The van der Waals surface area contributed by atoms with Crippen LogP contribution in [-0.2, 0) is 16.6 Å².